The molecule has 0 unspecified atom stereocenters. The zero-order valence-electron chi connectivity index (χ0n) is 10.5. The van der Waals surface area contributed by atoms with E-state index in [0.717, 1.165) is 0 Å². The number of aliphatic carboxylic acids is 1. The standard InChI is InChI=1S/C10H14N2.C3H6O2/c1-12-7-3-5-10(12)9-4-2-6-11-8-9;1-2-3(4)5/h2,4,6,8,10H,3,5,7H2,1H3;2H2,1H3,(H,4,5)/t10-;/m0./s1. The van der Waals surface area contributed by atoms with Crippen molar-refractivity contribution >= 4 is 5.97 Å². The van der Waals surface area contributed by atoms with Gasteiger partial charge in [0.25, 0.3) is 0 Å². The summed E-state index contributed by atoms with van der Waals surface area (Å²) in [5.74, 6) is -0.745. The Hall–Kier alpha value is -1.42. The van der Waals surface area contributed by atoms with Crippen LogP contribution in [0.25, 0.3) is 0 Å². The van der Waals surface area contributed by atoms with E-state index in [2.05, 4.69) is 23.0 Å². The van der Waals surface area contributed by atoms with Crippen LogP contribution in [0, 0.1) is 0 Å². The largest absolute Gasteiger partial charge is 0.481 e. The van der Waals surface area contributed by atoms with Gasteiger partial charge in [-0.25, -0.2) is 0 Å². The summed E-state index contributed by atoms with van der Waals surface area (Å²) in [6, 6.07) is 4.79. The Morgan fingerprint density at radius 3 is 2.76 bits per heavy atom. The maximum absolute atomic E-state index is 9.37. The van der Waals surface area contributed by atoms with Gasteiger partial charge in [0.05, 0.1) is 0 Å². The molecule has 0 aromatic carbocycles. The Morgan fingerprint density at radius 2 is 2.35 bits per heavy atom. The number of hydrogen-bond donors (Lipinski definition) is 1. The third-order valence-corrected chi connectivity index (χ3v) is 2.89. The lowest BCUT2D eigenvalue weighted by Gasteiger charge is -2.18. The molecule has 1 aliphatic heterocycles. The summed E-state index contributed by atoms with van der Waals surface area (Å²) in [5.41, 5.74) is 1.36. The molecule has 1 aromatic heterocycles. The van der Waals surface area contributed by atoms with E-state index in [1.54, 1.807) is 6.92 Å². The molecular formula is C13H20N2O2. The lowest BCUT2D eigenvalue weighted by molar-refractivity contribution is -0.136. The van der Waals surface area contributed by atoms with Crippen molar-refractivity contribution < 1.29 is 9.90 Å². The Kier molecular flexibility index (Phi) is 5.63. The van der Waals surface area contributed by atoms with Crippen molar-refractivity contribution in [3.8, 4) is 0 Å². The van der Waals surface area contributed by atoms with Gasteiger partial charge in [-0.3, -0.25) is 14.7 Å². The van der Waals surface area contributed by atoms with Crippen molar-refractivity contribution in [2.45, 2.75) is 32.2 Å². The van der Waals surface area contributed by atoms with Crippen LogP contribution in [0.15, 0.2) is 24.5 Å². The molecule has 1 aliphatic rings. The molecule has 0 spiro atoms. The molecular weight excluding hydrogens is 216 g/mol. The second-order valence-electron chi connectivity index (χ2n) is 4.17. The van der Waals surface area contributed by atoms with Gasteiger partial charge in [-0.15, -0.1) is 0 Å². The molecule has 0 bridgehead atoms. The maximum Gasteiger partial charge on any atom is 0.303 e. The third-order valence-electron chi connectivity index (χ3n) is 2.89. The van der Waals surface area contributed by atoms with E-state index in [1.807, 2.05) is 18.5 Å². The SMILES string of the molecule is CCC(=O)O.CN1CCC[C@H]1c1cccnc1. The molecule has 1 saturated heterocycles. The second-order valence-corrected chi connectivity index (χ2v) is 4.17. The Balaban J connectivity index is 0.000000249. The summed E-state index contributed by atoms with van der Waals surface area (Å²) in [5, 5.41) is 7.72. The van der Waals surface area contributed by atoms with E-state index >= 15 is 0 Å². The summed E-state index contributed by atoms with van der Waals surface area (Å²) in [6.07, 6.45) is 6.63. The lowest BCUT2D eigenvalue weighted by Crippen LogP contribution is -2.17. The van der Waals surface area contributed by atoms with Crippen LogP contribution in [0.1, 0.15) is 37.8 Å². The highest BCUT2D eigenvalue weighted by atomic mass is 16.4. The number of carboxylic acid groups (broad SMARTS) is 1. The van der Waals surface area contributed by atoms with Crippen molar-refractivity contribution in [1.82, 2.24) is 9.88 Å². The van der Waals surface area contributed by atoms with Gasteiger partial charge in [-0.2, -0.15) is 0 Å². The maximum atomic E-state index is 9.37. The van der Waals surface area contributed by atoms with Gasteiger partial charge in [0, 0.05) is 24.9 Å². The Labute approximate surface area is 102 Å². The van der Waals surface area contributed by atoms with E-state index in [4.69, 9.17) is 5.11 Å². The topological polar surface area (TPSA) is 53.4 Å². The molecule has 1 aromatic rings. The van der Waals surface area contributed by atoms with Crippen LogP contribution in [0.2, 0.25) is 0 Å². The van der Waals surface area contributed by atoms with Crippen LogP contribution < -0.4 is 0 Å². The van der Waals surface area contributed by atoms with Gasteiger partial charge in [0.15, 0.2) is 0 Å². The number of carboxylic acids is 1. The zero-order chi connectivity index (χ0) is 12.7. The number of pyridine rings is 1. The molecule has 4 nitrogen and oxygen atoms in total. The lowest BCUT2D eigenvalue weighted by atomic mass is 10.1. The molecule has 0 radical (unpaired) electrons. The number of hydrogen-bond acceptors (Lipinski definition) is 3. The first-order valence-corrected chi connectivity index (χ1v) is 5.97. The Bertz CT molecular complexity index is 341. The van der Waals surface area contributed by atoms with Gasteiger partial charge in [-0.05, 0) is 38.1 Å². The van der Waals surface area contributed by atoms with Gasteiger partial charge < -0.3 is 5.11 Å². The first kappa shape index (κ1) is 13.6. The van der Waals surface area contributed by atoms with Crippen LogP contribution in [0.5, 0.6) is 0 Å². The average Bonchev–Trinajstić information content (AvgIpc) is 2.77. The number of rotatable bonds is 2. The zero-order valence-corrected chi connectivity index (χ0v) is 10.5. The molecule has 2 rings (SSSR count). The number of carbonyl (C=O) groups is 1. The minimum absolute atomic E-state index is 0.222. The number of aromatic nitrogens is 1. The summed E-state index contributed by atoms with van der Waals surface area (Å²) in [7, 11) is 2.19. The first-order valence-electron chi connectivity index (χ1n) is 5.97. The van der Waals surface area contributed by atoms with E-state index < -0.39 is 5.97 Å². The molecule has 1 atom stereocenters. The summed E-state index contributed by atoms with van der Waals surface area (Å²) >= 11 is 0. The van der Waals surface area contributed by atoms with E-state index in [-0.39, 0.29) is 6.42 Å². The second kappa shape index (κ2) is 7.01. The van der Waals surface area contributed by atoms with Crippen molar-refractivity contribution in [2.24, 2.45) is 0 Å². The van der Waals surface area contributed by atoms with Gasteiger partial charge in [0.1, 0.15) is 0 Å². The number of likely N-dealkylation sites (tertiary alicyclic amines) is 1. The molecule has 4 heteroatoms. The van der Waals surface area contributed by atoms with Crippen molar-refractivity contribution in [1.29, 1.82) is 0 Å². The molecule has 0 saturated carbocycles. The van der Waals surface area contributed by atoms with Crippen LogP contribution in [0.4, 0.5) is 0 Å². The predicted molar refractivity (Wildman–Crippen MR) is 66.8 cm³/mol. The van der Waals surface area contributed by atoms with Gasteiger partial charge in [-0.1, -0.05) is 13.0 Å². The molecule has 0 amide bonds. The van der Waals surface area contributed by atoms with Crippen LogP contribution in [-0.4, -0.2) is 34.6 Å². The van der Waals surface area contributed by atoms with E-state index in [9.17, 15) is 4.79 Å². The highest BCUT2D eigenvalue weighted by Crippen LogP contribution is 2.29. The molecule has 17 heavy (non-hydrogen) atoms. The van der Waals surface area contributed by atoms with E-state index in [0.29, 0.717) is 6.04 Å². The van der Waals surface area contributed by atoms with Crippen LogP contribution in [-0.2, 0) is 4.79 Å². The van der Waals surface area contributed by atoms with Crippen molar-refractivity contribution in [2.75, 3.05) is 13.6 Å². The van der Waals surface area contributed by atoms with Gasteiger partial charge in [0.2, 0.25) is 0 Å². The van der Waals surface area contributed by atoms with Crippen LogP contribution >= 0.6 is 0 Å². The smallest absolute Gasteiger partial charge is 0.303 e. The Morgan fingerprint density at radius 1 is 1.65 bits per heavy atom. The molecule has 1 fully saturated rings. The average molecular weight is 236 g/mol. The van der Waals surface area contributed by atoms with Crippen molar-refractivity contribution in [3.63, 3.8) is 0 Å². The number of nitrogens with zero attached hydrogens (tertiary/aromatic N) is 2. The third kappa shape index (κ3) is 4.53. The fourth-order valence-corrected chi connectivity index (χ4v) is 1.90. The normalized spacial score (nSPS) is 19.5. The molecule has 94 valence electrons. The fraction of sp³-hybridized carbons (Fsp3) is 0.538. The summed E-state index contributed by atoms with van der Waals surface area (Å²) < 4.78 is 0. The highest BCUT2D eigenvalue weighted by molar-refractivity contribution is 5.66. The van der Waals surface area contributed by atoms with Gasteiger partial charge >= 0.3 is 5.97 Å². The quantitative estimate of drug-likeness (QED) is 0.856. The monoisotopic (exact) mass is 236 g/mol. The summed E-state index contributed by atoms with van der Waals surface area (Å²) in [4.78, 5) is 15.9. The molecule has 1 N–H and O–H groups in total. The fourth-order valence-electron chi connectivity index (χ4n) is 1.90. The molecule has 2 heterocycles. The van der Waals surface area contributed by atoms with E-state index in [1.165, 1.54) is 24.9 Å². The highest BCUT2D eigenvalue weighted by Gasteiger charge is 2.21. The minimum Gasteiger partial charge on any atom is -0.481 e. The first-order chi connectivity index (χ1) is 8.15. The predicted octanol–water partition coefficient (Wildman–Crippen LogP) is 2.33. The van der Waals surface area contributed by atoms with Crippen LogP contribution in [0.3, 0.4) is 0 Å². The minimum atomic E-state index is -0.745. The molecule has 0 aliphatic carbocycles. The van der Waals surface area contributed by atoms with Crippen molar-refractivity contribution in [3.05, 3.63) is 30.1 Å². The summed E-state index contributed by atoms with van der Waals surface area (Å²) in [6.45, 7) is 2.82.